The minimum atomic E-state index is -1.52. The van der Waals surface area contributed by atoms with Crippen molar-refractivity contribution < 1.29 is 35.0 Å². The molecule has 1 saturated heterocycles. The van der Waals surface area contributed by atoms with Crippen molar-refractivity contribution in [1.29, 1.82) is 5.26 Å². The average Bonchev–Trinajstić information content (AvgIpc) is 2.55. The third kappa shape index (κ3) is 3.36. The maximum Gasteiger partial charge on any atom is 0.229 e. The van der Waals surface area contributed by atoms with Gasteiger partial charge in [-0.2, -0.15) is 5.26 Å². The minimum absolute atomic E-state index is 0.262. The number of nitrogens with zero attached hydrogens (tertiary/aromatic N) is 1. The van der Waals surface area contributed by atoms with Gasteiger partial charge in [0.15, 0.2) is 6.10 Å². The van der Waals surface area contributed by atoms with Crippen molar-refractivity contribution in [2.45, 2.75) is 36.8 Å². The first-order chi connectivity index (χ1) is 10.5. The number of nitriles is 1. The van der Waals surface area contributed by atoms with Gasteiger partial charge in [-0.05, 0) is 17.7 Å². The van der Waals surface area contributed by atoms with Gasteiger partial charge in [0, 0.05) is 0 Å². The Labute approximate surface area is 126 Å². The quantitative estimate of drug-likeness (QED) is 0.419. The number of aliphatic hydroxyl groups excluding tert-OH is 5. The van der Waals surface area contributed by atoms with Crippen molar-refractivity contribution in [3.05, 3.63) is 29.8 Å². The van der Waals surface area contributed by atoms with Crippen LogP contribution in [0.2, 0.25) is 0 Å². The molecule has 1 aromatic rings. The summed E-state index contributed by atoms with van der Waals surface area (Å²) in [6.45, 7) is -0.544. The second kappa shape index (κ2) is 7.02. The summed E-state index contributed by atoms with van der Waals surface area (Å²) in [6, 6.07) is 7.52. The fourth-order valence-corrected chi connectivity index (χ4v) is 2.10. The van der Waals surface area contributed by atoms with Crippen LogP contribution in [-0.2, 0) is 4.74 Å². The van der Waals surface area contributed by atoms with Crippen LogP contribution >= 0.6 is 0 Å². The fourth-order valence-electron chi connectivity index (χ4n) is 2.10. The zero-order valence-corrected chi connectivity index (χ0v) is 11.5. The van der Waals surface area contributed by atoms with Crippen molar-refractivity contribution >= 4 is 0 Å². The van der Waals surface area contributed by atoms with Crippen molar-refractivity contribution in [1.82, 2.24) is 0 Å². The summed E-state index contributed by atoms with van der Waals surface area (Å²) in [4.78, 5) is 0. The summed E-state index contributed by atoms with van der Waals surface area (Å²) in [7, 11) is 0. The second-order valence-electron chi connectivity index (χ2n) is 4.92. The molecule has 0 amide bonds. The number of aliphatic hydroxyl groups is 5. The maximum atomic E-state index is 9.84. The molecule has 1 aromatic carbocycles. The first-order valence-corrected chi connectivity index (χ1v) is 6.62. The Kier molecular flexibility index (Phi) is 5.31. The second-order valence-corrected chi connectivity index (χ2v) is 4.92. The highest BCUT2D eigenvalue weighted by Crippen LogP contribution is 2.25. The van der Waals surface area contributed by atoms with Crippen LogP contribution in [0, 0.1) is 11.3 Å². The van der Waals surface area contributed by atoms with Gasteiger partial charge in [0.05, 0.1) is 12.7 Å². The molecule has 1 aliphatic rings. The van der Waals surface area contributed by atoms with Crippen LogP contribution in [0.15, 0.2) is 24.3 Å². The molecule has 5 N–H and O–H groups in total. The Balaban J connectivity index is 2.07. The molecular formula is C14H17NO7. The van der Waals surface area contributed by atoms with Crippen LogP contribution in [0.1, 0.15) is 11.7 Å². The minimum Gasteiger partial charge on any atom is -0.462 e. The van der Waals surface area contributed by atoms with E-state index in [4.69, 9.17) is 19.8 Å². The lowest BCUT2D eigenvalue weighted by Crippen LogP contribution is -2.60. The smallest absolute Gasteiger partial charge is 0.229 e. The molecule has 1 heterocycles. The zero-order valence-electron chi connectivity index (χ0n) is 11.5. The number of ether oxygens (including phenoxy) is 2. The largest absolute Gasteiger partial charge is 0.462 e. The third-order valence-electron chi connectivity index (χ3n) is 3.42. The lowest BCUT2D eigenvalue weighted by molar-refractivity contribution is -0.277. The predicted octanol–water partition coefficient (Wildman–Crippen LogP) is -1.58. The van der Waals surface area contributed by atoms with Gasteiger partial charge in [-0.3, -0.25) is 0 Å². The van der Waals surface area contributed by atoms with E-state index in [1.807, 2.05) is 0 Å². The van der Waals surface area contributed by atoms with Gasteiger partial charge in [0.2, 0.25) is 6.29 Å². The molecule has 6 atom stereocenters. The highest BCUT2D eigenvalue weighted by Gasteiger charge is 2.44. The summed E-state index contributed by atoms with van der Waals surface area (Å²) in [5, 5.41) is 56.2. The van der Waals surface area contributed by atoms with E-state index in [2.05, 4.69) is 0 Å². The molecule has 1 aliphatic heterocycles. The summed E-state index contributed by atoms with van der Waals surface area (Å²) < 4.78 is 10.6. The average molecular weight is 311 g/mol. The van der Waals surface area contributed by atoms with Crippen LogP contribution in [0.25, 0.3) is 0 Å². The van der Waals surface area contributed by atoms with Crippen LogP contribution < -0.4 is 4.74 Å². The molecule has 1 fully saturated rings. The Bertz CT molecular complexity index is 527. The zero-order chi connectivity index (χ0) is 16.3. The van der Waals surface area contributed by atoms with Gasteiger partial charge in [-0.25, -0.2) is 0 Å². The van der Waals surface area contributed by atoms with Gasteiger partial charge < -0.3 is 35.0 Å². The topological polar surface area (TPSA) is 143 Å². The van der Waals surface area contributed by atoms with Crippen molar-refractivity contribution in [3.63, 3.8) is 0 Å². The van der Waals surface area contributed by atoms with Gasteiger partial charge >= 0.3 is 0 Å². The predicted molar refractivity (Wildman–Crippen MR) is 71.4 cm³/mol. The van der Waals surface area contributed by atoms with E-state index in [0.717, 1.165) is 0 Å². The van der Waals surface area contributed by atoms with Crippen LogP contribution in [0.5, 0.6) is 5.75 Å². The van der Waals surface area contributed by atoms with E-state index >= 15 is 0 Å². The number of hydrogen-bond donors (Lipinski definition) is 5. The van der Waals surface area contributed by atoms with Crippen molar-refractivity contribution in [3.8, 4) is 11.8 Å². The molecule has 0 radical (unpaired) electrons. The van der Waals surface area contributed by atoms with Gasteiger partial charge in [-0.15, -0.1) is 0 Å². The molecular weight excluding hydrogens is 294 g/mol. The SMILES string of the molecule is N#CC(O)c1ccc(O[C@@H]2O[C@H](CO)[C@@H](O)[C@H](O)[C@H]2O)cc1. The number of rotatable bonds is 4. The molecule has 8 heteroatoms. The van der Waals surface area contributed by atoms with Crippen molar-refractivity contribution in [2.75, 3.05) is 6.61 Å². The van der Waals surface area contributed by atoms with Gasteiger partial charge in [-0.1, -0.05) is 12.1 Å². The Morgan fingerprint density at radius 3 is 2.32 bits per heavy atom. The van der Waals surface area contributed by atoms with Crippen LogP contribution in [0.3, 0.4) is 0 Å². The van der Waals surface area contributed by atoms with Crippen LogP contribution in [-0.4, -0.2) is 62.8 Å². The first-order valence-electron chi connectivity index (χ1n) is 6.62. The summed E-state index contributed by atoms with van der Waals surface area (Å²) in [5.74, 6) is 0.262. The normalized spacial score (nSPS) is 33.0. The van der Waals surface area contributed by atoms with E-state index in [-0.39, 0.29) is 5.75 Å². The van der Waals surface area contributed by atoms with E-state index < -0.39 is 43.4 Å². The van der Waals surface area contributed by atoms with E-state index in [1.54, 1.807) is 6.07 Å². The molecule has 1 unspecified atom stereocenters. The number of hydrogen-bond acceptors (Lipinski definition) is 8. The molecule has 22 heavy (non-hydrogen) atoms. The van der Waals surface area contributed by atoms with Gasteiger partial charge in [0.1, 0.15) is 30.2 Å². The standard InChI is InChI=1S/C14H17NO7/c15-5-9(17)7-1-3-8(4-2-7)21-14-13(20)12(19)11(18)10(6-16)22-14/h1-4,9-14,16-20H,6H2/t9?,10-,11-,12+,13-,14-/m1/s1. The number of benzene rings is 1. The molecule has 120 valence electrons. The molecule has 8 nitrogen and oxygen atoms in total. The highest BCUT2D eigenvalue weighted by atomic mass is 16.7. The van der Waals surface area contributed by atoms with E-state index in [1.165, 1.54) is 24.3 Å². The molecule has 0 aromatic heterocycles. The van der Waals surface area contributed by atoms with Crippen LogP contribution in [0.4, 0.5) is 0 Å². The monoisotopic (exact) mass is 311 g/mol. The summed E-state index contributed by atoms with van der Waals surface area (Å²) in [6.07, 6.45) is -8.04. The third-order valence-corrected chi connectivity index (χ3v) is 3.42. The first kappa shape index (κ1) is 16.6. The van der Waals surface area contributed by atoms with E-state index in [9.17, 15) is 20.4 Å². The summed E-state index contributed by atoms with van der Waals surface area (Å²) in [5.41, 5.74) is 0.378. The molecule has 0 bridgehead atoms. The fraction of sp³-hybridized carbons (Fsp3) is 0.500. The lowest BCUT2D eigenvalue weighted by Gasteiger charge is -2.39. The summed E-state index contributed by atoms with van der Waals surface area (Å²) >= 11 is 0. The highest BCUT2D eigenvalue weighted by molar-refractivity contribution is 5.30. The molecule has 0 spiro atoms. The van der Waals surface area contributed by atoms with Gasteiger partial charge in [0.25, 0.3) is 0 Å². The van der Waals surface area contributed by atoms with Crippen molar-refractivity contribution in [2.24, 2.45) is 0 Å². The molecule has 0 aliphatic carbocycles. The molecule has 2 rings (SSSR count). The maximum absolute atomic E-state index is 9.84. The van der Waals surface area contributed by atoms with E-state index in [0.29, 0.717) is 5.56 Å². The Hall–Kier alpha value is -1.73. The molecule has 0 saturated carbocycles. The Morgan fingerprint density at radius 2 is 1.77 bits per heavy atom. The lowest BCUT2D eigenvalue weighted by atomic mass is 9.99. The Morgan fingerprint density at radius 1 is 1.14 bits per heavy atom.